The highest BCUT2D eigenvalue weighted by Crippen LogP contribution is 2.40. The third-order valence-electron chi connectivity index (χ3n) is 11.7. The van der Waals surface area contributed by atoms with Crippen molar-refractivity contribution in [1.29, 1.82) is 0 Å². The predicted molar refractivity (Wildman–Crippen MR) is 243 cm³/mol. The van der Waals surface area contributed by atoms with Crippen LogP contribution in [0.4, 0.5) is 0 Å². The van der Waals surface area contributed by atoms with Gasteiger partial charge in [-0.1, -0.05) is 157 Å². The Morgan fingerprint density at radius 2 is 0.930 bits per heavy atom. The highest BCUT2D eigenvalue weighted by atomic mass is 32.2. The molecule has 57 heavy (non-hydrogen) atoms. The minimum absolute atomic E-state index is 0.00959. The number of aliphatic carboxylic acids is 2. The number of carboxylic acids is 2. The molecule has 0 saturated carbocycles. The van der Waals surface area contributed by atoms with Crippen molar-refractivity contribution in [3.8, 4) is 11.5 Å². The van der Waals surface area contributed by atoms with E-state index in [-0.39, 0.29) is 17.3 Å². The molecule has 2 rings (SSSR count). The minimum Gasteiger partial charge on any atom is -0.507 e. The van der Waals surface area contributed by atoms with Crippen LogP contribution in [-0.4, -0.2) is 43.9 Å². The Morgan fingerprint density at radius 1 is 0.544 bits per heavy atom. The first-order chi connectivity index (χ1) is 26.9. The molecule has 0 saturated heterocycles. The Hall–Kier alpha value is -2.67. The smallest absolute Gasteiger partial charge is 0.310 e. The molecule has 324 valence electrons. The average Bonchev–Trinajstić information content (AvgIpc) is 3.13. The molecule has 4 N–H and O–H groups in total. The molecule has 0 atom stereocenters. The first-order valence-electron chi connectivity index (χ1n) is 22.7. The minimum atomic E-state index is -1.06. The van der Waals surface area contributed by atoms with Gasteiger partial charge in [0.15, 0.2) is 0 Å². The van der Waals surface area contributed by atoms with Gasteiger partial charge in [0.25, 0.3) is 0 Å². The summed E-state index contributed by atoms with van der Waals surface area (Å²) in [4.78, 5) is 24.6. The number of aryl methyl sites for hydroxylation is 4. The Balaban J connectivity index is 2.28. The fourth-order valence-corrected chi connectivity index (χ4v) is 9.38. The van der Waals surface area contributed by atoms with Gasteiger partial charge in [-0.15, -0.1) is 0 Å². The quantitative estimate of drug-likeness (QED) is 0.0581. The number of unbranched alkanes of at least 4 members (excludes halogenated alkanes) is 12. The summed E-state index contributed by atoms with van der Waals surface area (Å²) in [6.45, 7) is 17.2. The van der Waals surface area contributed by atoms with Crippen LogP contribution < -0.4 is 0 Å². The van der Waals surface area contributed by atoms with E-state index in [0.29, 0.717) is 61.5 Å². The molecule has 0 aliphatic rings. The van der Waals surface area contributed by atoms with Crippen LogP contribution >= 0.6 is 11.8 Å². The molecule has 0 aliphatic heterocycles. The SMILES string of the molecule is CCCCCCCCCc1cc(CCCC(CCCc2cc(CCCCCCCCC)cc(C(C)(C)C)c2O)(CSCCC(=O)O)C(=O)O)c(O)c(C(C)(C)C)c1. The summed E-state index contributed by atoms with van der Waals surface area (Å²) in [5.41, 5.74) is 4.60. The molecule has 0 aliphatic carbocycles. The van der Waals surface area contributed by atoms with Gasteiger partial charge in [-0.25, -0.2) is 0 Å². The van der Waals surface area contributed by atoms with Gasteiger partial charge in [0.2, 0.25) is 0 Å². The van der Waals surface area contributed by atoms with Gasteiger partial charge in [0, 0.05) is 11.5 Å². The number of phenols is 2. The van der Waals surface area contributed by atoms with Crippen molar-refractivity contribution < 1.29 is 30.0 Å². The summed E-state index contributed by atoms with van der Waals surface area (Å²) in [6.07, 6.45) is 22.5. The fourth-order valence-electron chi connectivity index (χ4n) is 8.11. The second kappa shape index (κ2) is 25.7. The van der Waals surface area contributed by atoms with E-state index in [1.807, 2.05) is 0 Å². The molecule has 6 nitrogen and oxygen atoms in total. The summed E-state index contributed by atoms with van der Waals surface area (Å²) in [6, 6.07) is 8.61. The summed E-state index contributed by atoms with van der Waals surface area (Å²) in [5.74, 6) is -0.411. The zero-order valence-corrected chi connectivity index (χ0v) is 38.3. The molecule has 0 radical (unpaired) electrons. The van der Waals surface area contributed by atoms with Gasteiger partial charge in [0.05, 0.1) is 11.8 Å². The van der Waals surface area contributed by atoms with E-state index in [0.717, 1.165) is 47.9 Å². The van der Waals surface area contributed by atoms with Gasteiger partial charge >= 0.3 is 11.9 Å². The maximum atomic E-state index is 13.3. The van der Waals surface area contributed by atoms with Crippen molar-refractivity contribution in [2.75, 3.05) is 11.5 Å². The monoisotopic (exact) mass is 811 g/mol. The van der Waals surface area contributed by atoms with E-state index in [9.17, 15) is 30.0 Å². The highest BCUT2D eigenvalue weighted by molar-refractivity contribution is 7.99. The van der Waals surface area contributed by atoms with E-state index in [2.05, 4.69) is 79.7 Å². The number of hydrogen-bond acceptors (Lipinski definition) is 5. The van der Waals surface area contributed by atoms with Crippen molar-refractivity contribution >= 4 is 23.7 Å². The van der Waals surface area contributed by atoms with E-state index in [1.54, 1.807) is 0 Å². The number of aromatic hydroxyl groups is 2. The number of phenolic OH excluding ortho intramolecular Hbond substituents is 2. The van der Waals surface area contributed by atoms with Gasteiger partial charge < -0.3 is 20.4 Å². The van der Waals surface area contributed by atoms with Crippen LogP contribution in [0.1, 0.15) is 211 Å². The summed E-state index contributed by atoms with van der Waals surface area (Å²) < 4.78 is 0. The van der Waals surface area contributed by atoms with Crippen molar-refractivity contribution in [2.24, 2.45) is 5.41 Å². The predicted octanol–water partition coefficient (Wildman–Crippen LogP) is 13.9. The molecular formula is C50H82O6S. The van der Waals surface area contributed by atoms with E-state index in [4.69, 9.17) is 0 Å². The third-order valence-corrected chi connectivity index (χ3v) is 13.0. The number of carbonyl (C=O) groups is 2. The lowest BCUT2D eigenvalue weighted by Crippen LogP contribution is -2.34. The summed E-state index contributed by atoms with van der Waals surface area (Å²) in [5, 5.41) is 43.2. The van der Waals surface area contributed by atoms with Crippen molar-refractivity contribution in [3.63, 3.8) is 0 Å². The summed E-state index contributed by atoms with van der Waals surface area (Å²) in [7, 11) is 0. The Morgan fingerprint density at radius 3 is 1.28 bits per heavy atom. The van der Waals surface area contributed by atoms with Crippen molar-refractivity contribution in [1.82, 2.24) is 0 Å². The Labute approximate surface area is 352 Å². The lowest BCUT2D eigenvalue weighted by molar-refractivity contribution is -0.148. The number of thioether (sulfide) groups is 1. The molecule has 0 bridgehead atoms. The zero-order chi connectivity index (χ0) is 42.5. The molecule has 0 heterocycles. The van der Waals surface area contributed by atoms with Crippen LogP contribution in [0.5, 0.6) is 11.5 Å². The zero-order valence-electron chi connectivity index (χ0n) is 37.5. The van der Waals surface area contributed by atoms with Crippen molar-refractivity contribution in [3.05, 3.63) is 57.6 Å². The van der Waals surface area contributed by atoms with Gasteiger partial charge in [-0.3, -0.25) is 9.59 Å². The first-order valence-corrected chi connectivity index (χ1v) is 23.8. The van der Waals surface area contributed by atoms with E-state index >= 15 is 0 Å². The van der Waals surface area contributed by atoms with E-state index in [1.165, 1.54) is 99.9 Å². The molecule has 0 spiro atoms. The van der Waals surface area contributed by atoms with Crippen LogP contribution in [0.3, 0.4) is 0 Å². The van der Waals surface area contributed by atoms with Gasteiger partial charge in [0.1, 0.15) is 11.5 Å². The molecular weight excluding hydrogens is 729 g/mol. The molecule has 0 amide bonds. The molecule has 0 aromatic heterocycles. The Bertz CT molecular complexity index is 1390. The second-order valence-electron chi connectivity index (χ2n) is 19.0. The first kappa shape index (κ1) is 50.5. The molecule has 7 heteroatoms. The van der Waals surface area contributed by atoms with E-state index < -0.39 is 17.4 Å². The summed E-state index contributed by atoms with van der Waals surface area (Å²) >= 11 is 1.41. The average molecular weight is 811 g/mol. The maximum absolute atomic E-state index is 13.3. The van der Waals surface area contributed by atoms with Crippen LogP contribution in [-0.2, 0) is 46.1 Å². The molecule has 2 aromatic rings. The highest BCUT2D eigenvalue weighted by Gasteiger charge is 2.38. The van der Waals surface area contributed by atoms with Gasteiger partial charge in [-0.2, -0.15) is 11.8 Å². The number of carboxylic acid groups (broad SMARTS) is 2. The normalized spacial score (nSPS) is 12.4. The lowest BCUT2D eigenvalue weighted by atomic mass is 9.78. The Kier molecular flexibility index (Phi) is 22.8. The molecule has 2 aromatic carbocycles. The number of hydrogen-bond donors (Lipinski definition) is 4. The standard InChI is InChI=1S/C50H82O6S/c1-9-11-13-15-17-19-21-25-38-33-40(45(53)42(35-38)48(3,4)5)27-23-30-50(47(55)56,37-57-32-29-44(51)52)31-24-28-41-34-39(26-22-20-18-16-14-12-10-2)36-43(46(41)54)49(6,7)8/h33-36,53-54H,9-32,37H2,1-8H3,(H,51,52)(H,55,56). The second-order valence-corrected chi connectivity index (χ2v) is 20.1. The van der Waals surface area contributed by atoms with Crippen molar-refractivity contribution in [2.45, 2.75) is 214 Å². The topological polar surface area (TPSA) is 115 Å². The largest absolute Gasteiger partial charge is 0.507 e. The van der Waals surface area contributed by atoms with Crippen LogP contribution in [0.25, 0.3) is 0 Å². The molecule has 0 fully saturated rings. The fraction of sp³-hybridized carbons (Fsp3) is 0.720. The van der Waals surface area contributed by atoms with Crippen LogP contribution in [0, 0.1) is 5.41 Å². The maximum Gasteiger partial charge on any atom is 0.310 e. The number of rotatable bonds is 30. The third kappa shape index (κ3) is 18.4. The van der Waals surface area contributed by atoms with Crippen LogP contribution in [0.2, 0.25) is 0 Å². The molecule has 0 unspecified atom stereocenters. The van der Waals surface area contributed by atoms with Crippen LogP contribution in [0.15, 0.2) is 24.3 Å². The lowest BCUT2D eigenvalue weighted by Gasteiger charge is -2.30. The number of benzene rings is 2. The van der Waals surface area contributed by atoms with Gasteiger partial charge in [-0.05, 0) is 108 Å².